The number of ether oxygens (including phenoxy) is 1. The van der Waals surface area contributed by atoms with Crippen molar-refractivity contribution in [1.29, 1.82) is 0 Å². The number of carbonyl (C=O) groups is 2. The first-order valence-electron chi connectivity index (χ1n) is 10.1. The molecule has 3 aromatic heterocycles. The van der Waals surface area contributed by atoms with Gasteiger partial charge in [-0.1, -0.05) is 6.07 Å². The molecule has 2 amide bonds. The third kappa shape index (κ3) is 5.31. The van der Waals surface area contributed by atoms with E-state index in [4.69, 9.17) is 4.74 Å². The Morgan fingerprint density at radius 3 is 2.71 bits per heavy atom. The van der Waals surface area contributed by atoms with Gasteiger partial charge in [0.25, 0.3) is 5.91 Å². The standard InChI is InChI=1S/C21H25N5O3S2/c1-21(2,3)29-20(28)26-8-6-13(7-9-26)19-22-15(12-31-19)18(27)23-17-11-14(24-25-17)16-5-4-10-30-16/h4-5,10-13H,6-9H2,1-3H3,(H2,23,24,25,27). The number of piperidine rings is 1. The van der Waals surface area contributed by atoms with Gasteiger partial charge in [0.15, 0.2) is 5.82 Å². The van der Waals surface area contributed by atoms with E-state index in [2.05, 4.69) is 20.5 Å². The maximum atomic E-state index is 12.6. The molecule has 0 saturated carbocycles. The summed E-state index contributed by atoms with van der Waals surface area (Å²) in [6.45, 7) is 6.85. The van der Waals surface area contributed by atoms with Crippen molar-refractivity contribution in [3.63, 3.8) is 0 Å². The number of rotatable bonds is 4. The van der Waals surface area contributed by atoms with Crippen LogP contribution in [0.15, 0.2) is 29.0 Å². The predicted molar refractivity (Wildman–Crippen MR) is 122 cm³/mol. The van der Waals surface area contributed by atoms with Crippen molar-refractivity contribution in [2.45, 2.75) is 45.1 Å². The molecule has 8 nitrogen and oxygen atoms in total. The molecule has 10 heteroatoms. The van der Waals surface area contributed by atoms with E-state index < -0.39 is 5.60 Å². The smallest absolute Gasteiger partial charge is 0.410 e. The van der Waals surface area contributed by atoms with Gasteiger partial charge in [-0.15, -0.1) is 22.7 Å². The molecule has 4 heterocycles. The van der Waals surface area contributed by atoms with Gasteiger partial charge in [-0.25, -0.2) is 9.78 Å². The number of aromatic amines is 1. The summed E-state index contributed by atoms with van der Waals surface area (Å²) < 4.78 is 5.45. The quantitative estimate of drug-likeness (QED) is 0.574. The lowest BCUT2D eigenvalue weighted by atomic mass is 9.98. The molecular weight excluding hydrogens is 434 g/mol. The SMILES string of the molecule is CC(C)(C)OC(=O)N1CCC(c2nc(C(=O)Nc3cc(-c4cccs4)[nH]n3)cs2)CC1. The van der Waals surface area contributed by atoms with Crippen LogP contribution in [0.1, 0.15) is 55.0 Å². The summed E-state index contributed by atoms with van der Waals surface area (Å²) in [6, 6.07) is 5.77. The van der Waals surface area contributed by atoms with Crippen LogP contribution in [-0.4, -0.2) is 50.8 Å². The van der Waals surface area contributed by atoms with Crippen LogP contribution in [0.5, 0.6) is 0 Å². The van der Waals surface area contributed by atoms with E-state index in [9.17, 15) is 9.59 Å². The van der Waals surface area contributed by atoms with Gasteiger partial charge in [-0.2, -0.15) is 5.10 Å². The number of carbonyl (C=O) groups excluding carboxylic acids is 2. The molecule has 31 heavy (non-hydrogen) atoms. The number of hydrogen-bond acceptors (Lipinski definition) is 7. The van der Waals surface area contributed by atoms with Gasteiger partial charge >= 0.3 is 6.09 Å². The highest BCUT2D eigenvalue weighted by Gasteiger charge is 2.29. The van der Waals surface area contributed by atoms with Crippen LogP contribution in [0.25, 0.3) is 10.6 Å². The molecule has 2 N–H and O–H groups in total. The van der Waals surface area contributed by atoms with E-state index in [0.717, 1.165) is 28.4 Å². The number of thiazole rings is 1. The summed E-state index contributed by atoms with van der Waals surface area (Å²) in [7, 11) is 0. The number of H-pyrrole nitrogens is 1. The van der Waals surface area contributed by atoms with E-state index in [1.165, 1.54) is 11.3 Å². The number of amides is 2. The average Bonchev–Trinajstić information content (AvgIpc) is 3.47. The van der Waals surface area contributed by atoms with Crippen LogP contribution in [0.2, 0.25) is 0 Å². The van der Waals surface area contributed by atoms with Crippen LogP contribution >= 0.6 is 22.7 Å². The van der Waals surface area contributed by atoms with Gasteiger partial charge in [0.2, 0.25) is 0 Å². The van der Waals surface area contributed by atoms with Gasteiger partial charge in [-0.3, -0.25) is 9.89 Å². The number of nitrogens with one attached hydrogen (secondary N) is 2. The zero-order valence-corrected chi connectivity index (χ0v) is 19.3. The molecule has 0 aliphatic carbocycles. The maximum absolute atomic E-state index is 12.6. The Morgan fingerprint density at radius 2 is 2.03 bits per heavy atom. The Labute approximate surface area is 188 Å². The molecule has 164 valence electrons. The van der Waals surface area contributed by atoms with Crippen molar-refractivity contribution in [3.05, 3.63) is 39.7 Å². The van der Waals surface area contributed by atoms with E-state index in [0.29, 0.717) is 24.6 Å². The zero-order chi connectivity index (χ0) is 22.0. The van der Waals surface area contributed by atoms with Gasteiger partial charge in [-0.05, 0) is 45.1 Å². The van der Waals surface area contributed by atoms with Gasteiger partial charge in [0, 0.05) is 30.5 Å². The lowest BCUT2D eigenvalue weighted by Gasteiger charge is -2.32. The molecule has 1 saturated heterocycles. The van der Waals surface area contributed by atoms with E-state index in [1.54, 1.807) is 21.6 Å². The maximum Gasteiger partial charge on any atom is 0.410 e. The topological polar surface area (TPSA) is 100 Å². The fourth-order valence-corrected chi connectivity index (χ4v) is 5.00. The van der Waals surface area contributed by atoms with Crippen molar-refractivity contribution in [2.75, 3.05) is 18.4 Å². The van der Waals surface area contributed by atoms with Crippen LogP contribution in [0, 0.1) is 0 Å². The van der Waals surface area contributed by atoms with Gasteiger partial charge in [0.05, 0.1) is 15.6 Å². The Morgan fingerprint density at radius 1 is 1.26 bits per heavy atom. The third-order valence-corrected chi connectivity index (χ3v) is 6.77. The summed E-state index contributed by atoms with van der Waals surface area (Å²) in [5.74, 6) is 0.424. The number of thiophene rings is 1. The minimum Gasteiger partial charge on any atom is -0.444 e. The van der Waals surface area contributed by atoms with E-state index >= 15 is 0 Å². The van der Waals surface area contributed by atoms with E-state index in [1.807, 2.05) is 44.4 Å². The highest BCUT2D eigenvalue weighted by atomic mass is 32.1. The number of likely N-dealkylation sites (tertiary alicyclic amines) is 1. The Bertz CT molecular complexity index is 1040. The average molecular weight is 460 g/mol. The molecule has 0 radical (unpaired) electrons. The van der Waals surface area contributed by atoms with E-state index in [-0.39, 0.29) is 17.9 Å². The van der Waals surface area contributed by atoms with Crippen molar-refractivity contribution in [2.24, 2.45) is 0 Å². The predicted octanol–water partition coefficient (Wildman–Crippen LogP) is 4.96. The molecule has 1 fully saturated rings. The Balaban J connectivity index is 1.32. The number of anilines is 1. The normalized spacial score (nSPS) is 15.1. The molecule has 0 bridgehead atoms. The Hall–Kier alpha value is -2.72. The van der Waals surface area contributed by atoms with Crippen molar-refractivity contribution in [3.8, 4) is 10.6 Å². The van der Waals surface area contributed by atoms with Crippen molar-refractivity contribution < 1.29 is 14.3 Å². The first kappa shape index (κ1) is 21.5. The van der Waals surface area contributed by atoms with Crippen LogP contribution in [0.4, 0.5) is 10.6 Å². The van der Waals surface area contributed by atoms with Crippen LogP contribution < -0.4 is 5.32 Å². The number of hydrogen-bond donors (Lipinski definition) is 2. The highest BCUT2D eigenvalue weighted by Crippen LogP contribution is 2.31. The third-order valence-electron chi connectivity index (χ3n) is 4.86. The second kappa shape index (κ2) is 8.80. The van der Waals surface area contributed by atoms with Gasteiger partial charge < -0.3 is 15.0 Å². The molecule has 4 rings (SSSR count). The largest absolute Gasteiger partial charge is 0.444 e. The molecule has 1 aliphatic rings. The molecular formula is C21H25N5O3S2. The molecule has 0 atom stereocenters. The highest BCUT2D eigenvalue weighted by molar-refractivity contribution is 7.13. The summed E-state index contributed by atoms with van der Waals surface area (Å²) >= 11 is 3.09. The second-order valence-corrected chi connectivity index (χ2v) is 10.2. The molecule has 0 aromatic carbocycles. The summed E-state index contributed by atoms with van der Waals surface area (Å²) in [6.07, 6.45) is 1.33. The minimum absolute atomic E-state index is 0.237. The molecule has 0 unspecified atom stereocenters. The lowest BCUT2D eigenvalue weighted by Crippen LogP contribution is -2.41. The minimum atomic E-state index is -0.496. The zero-order valence-electron chi connectivity index (χ0n) is 17.7. The lowest BCUT2D eigenvalue weighted by molar-refractivity contribution is 0.0205. The fraction of sp³-hybridized carbons (Fsp3) is 0.429. The van der Waals surface area contributed by atoms with Crippen LogP contribution in [-0.2, 0) is 4.74 Å². The second-order valence-electron chi connectivity index (χ2n) is 8.41. The van der Waals surface area contributed by atoms with Crippen molar-refractivity contribution in [1.82, 2.24) is 20.1 Å². The number of nitrogens with zero attached hydrogens (tertiary/aromatic N) is 3. The fourth-order valence-electron chi connectivity index (χ4n) is 3.34. The Kier molecular flexibility index (Phi) is 6.10. The molecule has 1 aliphatic heterocycles. The number of aromatic nitrogens is 3. The van der Waals surface area contributed by atoms with Gasteiger partial charge in [0.1, 0.15) is 11.3 Å². The molecule has 0 spiro atoms. The summed E-state index contributed by atoms with van der Waals surface area (Å²) in [5, 5.41) is 14.6. The van der Waals surface area contributed by atoms with Crippen LogP contribution in [0.3, 0.4) is 0 Å². The first-order valence-corrected chi connectivity index (χ1v) is 11.9. The summed E-state index contributed by atoms with van der Waals surface area (Å²) in [5.41, 5.74) is 0.751. The van der Waals surface area contributed by atoms with Crippen molar-refractivity contribution >= 4 is 40.5 Å². The molecule has 3 aromatic rings. The monoisotopic (exact) mass is 459 g/mol. The first-order chi connectivity index (χ1) is 14.8. The summed E-state index contributed by atoms with van der Waals surface area (Å²) in [4.78, 5) is 32.2.